The normalized spacial score (nSPS) is 13.0. The molecule has 2 aromatic rings. The van der Waals surface area contributed by atoms with E-state index in [-0.39, 0.29) is 13.0 Å². The van der Waals surface area contributed by atoms with Gasteiger partial charge in [0.05, 0.1) is 12.5 Å². The first kappa shape index (κ1) is 18.4. The molecule has 2 rings (SSSR count). The second-order valence-corrected chi connectivity index (χ2v) is 5.84. The zero-order chi connectivity index (χ0) is 18.4. The van der Waals surface area contributed by atoms with Crippen LogP contribution in [0.25, 0.3) is 10.8 Å². The predicted octanol–water partition coefficient (Wildman–Crippen LogP) is 2.01. The Kier molecular flexibility index (Phi) is 6.11. The van der Waals surface area contributed by atoms with E-state index in [1.807, 2.05) is 30.3 Å². The third-order valence-electron chi connectivity index (χ3n) is 3.96. The summed E-state index contributed by atoms with van der Waals surface area (Å²) in [5.41, 5.74) is 5.84. The first-order valence-corrected chi connectivity index (χ1v) is 8.18. The summed E-state index contributed by atoms with van der Waals surface area (Å²) >= 11 is 0. The maximum Gasteiger partial charge on any atom is 0.308 e. The Hall–Kier alpha value is -2.89. The highest BCUT2D eigenvalue weighted by molar-refractivity contribution is 6.08. The van der Waals surface area contributed by atoms with Gasteiger partial charge in [0.2, 0.25) is 5.91 Å². The summed E-state index contributed by atoms with van der Waals surface area (Å²) in [5, 5.41) is 4.34. The Bertz CT molecular complexity index is 783. The van der Waals surface area contributed by atoms with Crippen LogP contribution in [0.4, 0.5) is 0 Å². The minimum Gasteiger partial charge on any atom is -0.466 e. The number of ether oxygens (including phenoxy) is 1. The lowest BCUT2D eigenvalue weighted by molar-refractivity contribution is -0.147. The van der Waals surface area contributed by atoms with E-state index in [1.54, 1.807) is 26.0 Å². The van der Waals surface area contributed by atoms with Crippen molar-refractivity contribution in [1.29, 1.82) is 0 Å². The summed E-state index contributed by atoms with van der Waals surface area (Å²) < 4.78 is 4.93. The molecule has 25 heavy (non-hydrogen) atoms. The molecule has 0 unspecified atom stereocenters. The molecule has 6 nitrogen and oxygen atoms in total. The number of benzene rings is 2. The number of carbonyl (C=O) groups excluding carboxylic acids is 3. The summed E-state index contributed by atoms with van der Waals surface area (Å²) in [6, 6.07) is 11.9. The van der Waals surface area contributed by atoms with E-state index in [0.717, 1.165) is 10.8 Å². The Morgan fingerprint density at radius 3 is 2.48 bits per heavy atom. The molecule has 0 heterocycles. The van der Waals surface area contributed by atoms with Crippen molar-refractivity contribution < 1.29 is 19.1 Å². The lowest BCUT2D eigenvalue weighted by atomic mass is 10.00. The van der Waals surface area contributed by atoms with E-state index >= 15 is 0 Å². The van der Waals surface area contributed by atoms with E-state index < -0.39 is 29.7 Å². The van der Waals surface area contributed by atoms with Crippen molar-refractivity contribution in [3.63, 3.8) is 0 Å². The number of nitrogens with one attached hydrogen (secondary N) is 1. The molecule has 0 aliphatic carbocycles. The lowest BCUT2D eigenvalue weighted by Crippen LogP contribution is -2.46. The van der Waals surface area contributed by atoms with Gasteiger partial charge >= 0.3 is 5.97 Å². The quantitative estimate of drug-likeness (QED) is 0.752. The molecule has 0 aromatic heterocycles. The Labute approximate surface area is 146 Å². The van der Waals surface area contributed by atoms with Gasteiger partial charge in [-0.3, -0.25) is 14.4 Å². The van der Waals surface area contributed by atoms with Gasteiger partial charge in [-0.25, -0.2) is 0 Å². The van der Waals surface area contributed by atoms with Crippen LogP contribution in [0, 0.1) is 5.92 Å². The monoisotopic (exact) mass is 342 g/mol. The number of esters is 1. The van der Waals surface area contributed by atoms with E-state index in [0.29, 0.717) is 5.56 Å². The van der Waals surface area contributed by atoms with Crippen molar-refractivity contribution in [2.45, 2.75) is 26.3 Å². The van der Waals surface area contributed by atoms with Crippen LogP contribution < -0.4 is 11.1 Å². The molecule has 0 saturated heterocycles. The molecule has 2 amide bonds. The van der Waals surface area contributed by atoms with Crippen molar-refractivity contribution in [2.75, 3.05) is 6.61 Å². The zero-order valence-corrected chi connectivity index (χ0v) is 14.3. The minimum absolute atomic E-state index is 0.0880. The summed E-state index contributed by atoms with van der Waals surface area (Å²) in [4.78, 5) is 36.1. The molecule has 0 saturated carbocycles. The number of rotatable bonds is 7. The molecule has 0 spiro atoms. The number of hydrogen-bond acceptors (Lipinski definition) is 4. The van der Waals surface area contributed by atoms with Gasteiger partial charge in [0.1, 0.15) is 6.04 Å². The number of primary amides is 1. The smallest absolute Gasteiger partial charge is 0.308 e. The average molecular weight is 342 g/mol. The molecule has 0 radical (unpaired) electrons. The van der Waals surface area contributed by atoms with Crippen molar-refractivity contribution in [3.8, 4) is 0 Å². The second kappa shape index (κ2) is 8.28. The summed E-state index contributed by atoms with van der Waals surface area (Å²) in [6.45, 7) is 3.60. The maximum atomic E-state index is 12.6. The number of hydrogen-bond donors (Lipinski definition) is 2. The van der Waals surface area contributed by atoms with E-state index in [2.05, 4.69) is 5.32 Å². The van der Waals surface area contributed by atoms with Gasteiger partial charge in [0.15, 0.2) is 0 Å². The number of fused-ring (bicyclic) bond motifs is 1. The van der Waals surface area contributed by atoms with Gasteiger partial charge in [-0.15, -0.1) is 0 Å². The SMILES string of the molecule is CCOC(=O)[C@H](C)C[C@@H](NC(=O)c1cccc2ccccc12)C(N)=O. The maximum absolute atomic E-state index is 12.6. The van der Waals surface area contributed by atoms with Gasteiger partial charge in [0, 0.05) is 5.56 Å². The van der Waals surface area contributed by atoms with Crippen LogP contribution in [0.5, 0.6) is 0 Å². The van der Waals surface area contributed by atoms with Crippen LogP contribution in [0.2, 0.25) is 0 Å². The van der Waals surface area contributed by atoms with Crippen LogP contribution in [0.15, 0.2) is 42.5 Å². The van der Waals surface area contributed by atoms with Crippen LogP contribution >= 0.6 is 0 Å². The van der Waals surface area contributed by atoms with Crippen LogP contribution in [0.1, 0.15) is 30.6 Å². The topological polar surface area (TPSA) is 98.5 Å². The average Bonchev–Trinajstić information content (AvgIpc) is 2.60. The number of carbonyl (C=O) groups is 3. The first-order chi connectivity index (χ1) is 11.9. The molecule has 132 valence electrons. The molecule has 0 bridgehead atoms. The van der Waals surface area contributed by atoms with E-state index in [9.17, 15) is 14.4 Å². The fourth-order valence-corrected chi connectivity index (χ4v) is 2.64. The third-order valence-corrected chi connectivity index (χ3v) is 3.96. The zero-order valence-electron chi connectivity index (χ0n) is 14.3. The fraction of sp³-hybridized carbons (Fsp3) is 0.316. The van der Waals surface area contributed by atoms with Crippen molar-refractivity contribution >= 4 is 28.6 Å². The molecule has 3 N–H and O–H groups in total. The Morgan fingerprint density at radius 1 is 1.12 bits per heavy atom. The van der Waals surface area contributed by atoms with Crippen molar-refractivity contribution in [1.82, 2.24) is 5.32 Å². The summed E-state index contributed by atoms with van der Waals surface area (Å²) in [7, 11) is 0. The van der Waals surface area contributed by atoms with E-state index in [4.69, 9.17) is 10.5 Å². The standard InChI is InChI=1S/C19H22N2O4/c1-3-25-19(24)12(2)11-16(17(20)22)21-18(23)15-10-6-8-13-7-4-5-9-14(13)15/h4-10,12,16H,3,11H2,1-2H3,(H2,20,22)(H,21,23)/t12-,16-/m1/s1. The van der Waals surface area contributed by atoms with Gasteiger partial charge in [-0.2, -0.15) is 0 Å². The highest BCUT2D eigenvalue weighted by Gasteiger charge is 2.26. The van der Waals surface area contributed by atoms with Gasteiger partial charge in [-0.1, -0.05) is 43.3 Å². The van der Waals surface area contributed by atoms with Gasteiger partial charge < -0.3 is 15.8 Å². The lowest BCUT2D eigenvalue weighted by Gasteiger charge is -2.19. The van der Waals surface area contributed by atoms with Gasteiger partial charge in [0.25, 0.3) is 5.91 Å². The predicted molar refractivity (Wildman–Crippen MR) is 94.8 cm³/mol. The number of amides is 2. The molecule has 2 atom stereocenters. The van der Waals surface area contributed by atoms with Crippen LogP contribution in [-0.2, 0) is 14.3 Å². The molecule has 2 aromatic carbocycles. The molecular weight excluding hydrogens is 320 g/mol. The Balaban J connectivity index is 2.17. The summed E-state index contributed by atoms with van der Waals surface area (Å²) in [5.74, 6) is -2.07. The molecule has 6 heteroatoms. The third kappa shape index (κ3) is 4.56. The first-order valence-electron chi connectivity index (χ1n) is 8.18. The van der Waals surface area contributed by atoms with Gasteiger partial charge in [-0.05, 0) is 30.2 Å². The fourth-order valence-electron chi connectivity index (χ4n) is 2.64. The molecule has 0 aliphatic rings. The van der Waals surface area contributed by atoms with Crippen molar-refractivity contribution in [2.24, 2.45) is 11.7 Å². The molecule has 0 aliphatic heterocycles. The second-order valence-electron chi connectivity index (χ2n) is 5.84. The molecular formula is C19H22N2O4. The van der Waals surface area contributed by atoms with Crippen molar-refractivity contribution in [3.05, 3.63) is 48.0 Å². The minimum atomic E-state index is -0.953. The van der Waals surface area contributed by atoms with E-state index in [1.165, 1.54) is 0 Å². The Morgan fingerprint density at radius 2 is 1.80 bits per heavy atom. The highest BCUT2D eigenvalue weighted by atomic mass is 16.5. The molecule has 0 fully saturated rings. The number of nitrogens with two attached hydrogens (primary N) is 1. The van der Waals surface area contributed by atoms with Crippen LogP contribution in [0.3, 0.4) is 0 Å². The highest BCUT2D eigenvalue weighted by Crippen LogP contribution is 2.19. The largest absolute Gasteiger partial charge is 0.466 e. The summed E-state index contributed by atoms with van der Waals surface area (Å²) in [6.07, 6.45) is 0.0880. The van der Waals surface area contributed by atoms with Crippen LogP contribution in [-0.4, -0.2) is 30.4 Å².